The Hall–Kier alpha value is -2.43. The predicted octanol–water partition coefficient (Wildman–Crippen LogP) is 4.23. The zero-order chi connectivity index (χ0) is 18.0. The Morgan fingerprint density at radius 2 is 1.96 bits per heavy atom. The van der Waals surface area contributed by atoms with E-state index in [1.54, 1.807) is 0 Å². The number of hydrogen-bond donors (Lipinski definition) is 2. The Labute approximate surface area is 146 Å². The van der Waals surface area contributed by atoms with Crippen LogP contribution in [0.15, 0.2) is 35.5 Å². The number of nitrogens with zero attached hydrogens (tertiary/aromatic N) is 1. The summed E-state index contributed by atoms with van der Waals surface area (Å²) in [4.78, 5) is 13.1. The molecule has 2 heterocycles. The van der Waals surface area contributed by atoms with E-state index in [9.17, 15) is 9.18 Å². The summed E-state index contributed by atoms with van der Waals surface area (Å²) >= 11 is 0. The van der Waals surface area contributed by atoms with Crippen LogP contribution in [0.5, 0.6) is 0 Å². The maximum absolute atomic E-state index is 14.7. The first-order valence-corrected chi connectivity index (χ1v) is 8.58. The summed E-state index contributed by atoms with van der Waals surface area (Å²) < 4.78 is 14.7. The molecule has 0 fully saturated rings. The minimum absolute atomic E-state index is 0.0778. The lowest BCUT2D eigenvalue weighted by Gasteiger charge is -2.43. The Morgan fingerprint density at radius 1 is 1.20 bits per heavy atom. The van der Waals surface area contributed by atoms with Gasteiger partial charge >= 0.3 is 0 Å². The Kier molecular flexibility index (Phi) is 3.24. The van der Waals surface area contributed by atoms with Crippen molar-refractivity contribution in [2.45, 2.75) is 46.0 Å². The number of carbonyl (C=O) groups excluding carboxylic acids is 1. The first kappa shape index (κ1) is 16.1. The molecule has 1 atom stereocenters. The lowest BCUT2D eigenvalue weighted by atomic mass is 9.62. The van der Waals surface area contributed by atoms with Gasteiger partial charge in [-0.1, -0.05) is 43.7 Å². The first-order chi connectivity index (χ1) is 11.7. The molecule has 0 radical (unpaired) electrons. The van der Waals surface area contributed by atoms with E-state index in [0.717, 1.165) is 23.2 Å². The fourth-order valence-electron chi connectivity index (χ4n) is 4.39. The van der Waals surface area contributed by atoms with Crippen molar-refractivity contribution < 1.29 is 9.18 Å². The van der Waals surface area contributed by atoms with Crippen molar-refractivity contribution in [1.29, 1.82) is 0 Å². The number of anilines is 1. The van der Waals surface area contributed by atoms with Gasteiger partial charge in [-0.05, 0) is 31.2 Å². The predicted molar refractivity (Wildman–Crippen MR) is 94.8 cm³/mol. The number of nitrogens with one attached hydrogen (secondary N) is 2. The number of benzene rings is 1. The number of rotatable bonds is 1. The van der Waals surface area contributed by atoms with Gasteiger partial charge in [-0.15, -0.1) is 0 Å². The van der Waals surface area contributed by atoms with Crippen LogP contribution in [-0.2, 0) is 10.2 Å². The summed E-state index contributed by atoms with van der Waals surface area (Å²) in [6, 6.07) is 7.94. The third kappa shape index (κ3) is 2.25. The minimum Gasteiger partial charge on any atom is -0.342 e. The lowest BCUT2D eigenvalue weighted by Crippen LogP contribution is -2.42. The molecule has 1 aromatic heterocycles. The van der Waals surface area contributed by atoms with Crippen molar-refractivity contribution in [3.05, 3.63) is 58.2 Å². The van der Waals surface area contributed by atoms with Gasteiger partial charge in [0.25, 0.3) is 0 Å². The van der Waals surface area contributed by atoms with Crippen LogP contribution in [0.1, 0.15) is 50.3 Å². The van der Waals surface area contributed by atoms with E-state index in [1.807, 2.05) is 38.1 Å². The highest BCUT2D eigenvalue weighted by atomic mass is 19.1. The van der Waals surface area contributed by atoms with Crippen LogP contribution in [0.3, 0.4) is 0 Å². The number of aromatic nitrogens is 2. The maximum atomic E-state index is 14.7. The number of Topliss-reactive ketones (excluding diaryl/α,β-unsaturated/α-hetero) is 1. The fraction of sp³-hybridized carbons (Fsp3) is 0.400. The molecule has 0 amide bonds. The summed E-state index contributed by atoms with van der Waals surface area (Å²) in [6.45, 7) is 8.11. The molecular formula is C20H22FN3O. The molecule has 0 spiro atoms. The molecule has 0 bridgehead atoms. The zero-order valence-electron chi connectivity index (χ0n) is 15.0. The summed E-state index contributed by atoms with van der Waals surface area (Å²) in [7, 11) is 0. The second-order valence-electron chi connectivity index (χ2n) is 8.18. The molecular weight excluding hydrogens is 317 g/mol. The van der Waals surface area contributed by atoms with E-state index in [-0.39, 0.29) is 11.2 Å². The molecule has 1 unspecified atom stereocenters. The fourth-order valence-corrected chi connectivity index (χ4v) is 4.39. The van der Waals surface area contributed by atoms with E-state index >= 15 is 0 Å². The van der Waals surface area contributed by atoms with Gasteiger partial charge in [0.2, 0.25) is 5.95 Å². The second-order valence-corrected chi connectivity index (χ2v) is 8.18. The molecule has 2 aromatic rings. The number of allylic oxidation sites excluding steroid dienone is 2. The van der Waals surface area contributed by atoms with Crippen molar-refractivity contribution in [3.8, 4) is 0 Å². The minimum atomic E-state index is -0.855. The highest BCUT2D eigenvalue weighted by Gasteiger charge is 2.50. The van der Waals surface area contributed by atoms with Crippen molar-refractivity contribution >= 4 is 11.6 Å². The van der Waals surface area contributed by atoms with Crippen LogP contribution in [-0.4, -0.2) is 16.0 Å². The van der Waals surface area contributed by atoms with Crippen LogP contribution >= 0.6 is 0 Å². The SMILES string of the molecule is Cc1cccc(C2(C)C3=C(CC(C)(C)CC3=O)Nc3n[nH]c(F)c32)c1. The number of carbonyl (C=O) groups is 1. The van der Waals surface area contributed by atoms with Crippen LogP contribution in [0.2, 0.25) is 0 Å². The molecule has 130 valence electrons. The number of aryl methyl sites for hydroxylation is 1. The molecule has 4 rings (SSSR count). The highest BCUT2D eigenvalue weighted by Crippen LogP contribution is 2.52. The molecule has 2 aliphatic rings. The third-order valence-corrected chi connectivity index (χ3v) is 5.46. The number of fused-ring (bicyclic) bond motifs is 1. The first-order valence-electron chi connectivity index (χ1n) is 8.58. The van der Waals surface area contributed by atoms with Gasteiger partial charge in [-0.2, -0.15) is 9.49 Å². The van der Waals surface area contributed by atoms with Crippen LogP contribution in [0.25, 0.3) is 0 Å². The smallest absolute Gasteiger partial charge is 0.215 e. The van der Waals surface area contributed by atoms with Gasteiger partial charge in [0.15, 0.2) is 11.6 Å². The van der Waals surface area contributed by atoms with E-state index in [0.29, 0.717) is 23.4 Å². The molecule has 5 heteroatoms. The van der Waals surface area contributed by atoms with Crippen molar-refractivity contribution in [2.75, 3.05) is 5.32 Å². The third-order valence-electron chi connectivity index (χ3n) is 5.46. The van der Waals surface area contributed by atoms with Crippen molar-refractivity contribution in [2.24, 2.45) is 5.41 Å². The molecule has 1 aliphatic carbocycles. The van der Waals surface area contributed by atoms with Gasteiger partial charge < -0.3 is 5.32 Å². The molecule has 0 saturated carbocycles. The number of aromatic amines is 1. The summed E-state index contributed by atoms with van der Waals surface area (Å²) in [5, 5.41) is 9.78. The average molecular weight is 339 g/mol. The Morgan fingerprint density at radius 3 is 2.68 bits per heavy atom. The Balaban J connectivity index is 2.03. The standard InChI is InChI=1S/C20H22FN3O/c1-11-6-5-7-12(8-11)20(4)15-13(9-19(2,3)10-14(15)25)22-18-16(20)17(21)23-24-18/h5-8H,9-10H2,1-4H3,(H2,22,23,24). The molecule has 1 aromatic carbocycles. The molecule has 2 N–H and O–H groups in total. The van der Waals surface area contributed by atoms with Crippen LogP contribution < -0.4 is 5.32 Å². The molecule has 0 saturated heterocycles. The zero-order valence-corrected chi connectivity index (χ0v) is 15.0. The van der Waals surface area contributed by atoms with Gasteiger partial charge in [-0.25, -0.2) is 0 Å². The quantitative estimate of drug-likeness (QED) is 0.817. The Bertz CT molecular complexity index is 925. The normalized spacial score (nSPS) is 24.6. The molecule has 1 aliphatic heterocycles. The lowest BCUT2D eigenvalue weighted by molar-refractivity contribution is -0.118. The number of ketones is 1. The van der Waals surface area contributed by atoms with Crippen molar-refractivity contribution in [1.82, 2.24) is 10.2 Å². The second kappa shape index (κ2) is 5.04. The molecule has 4 nitrogen and oxygen atoms in total. The van der Waals surface area contributed by atoms with Crippen molar-refractivity contribution in [3.63, 3.8) is 0 Å². The van der Waals surface area contributed by atoms with E-state index in [2.05, 4.69) is 29.4 Å². The number of hydrogen-bond acceptors (Lipinski definition) is 3. The summed E-state index contributed by atoms with van der Waals surface area (Å²) in [6.07, 6.45) is 1.20. The van der Waals surface area contributed by atoms with E-state index in [1.165, 1.54) is 0 Å². The molecule has 25 heavy (non-hydrogen) atoms. The summed E-state index contributed by atoms with van der Waals surface area (Å²) in [5.74, 6) is 0.0652. The van der Waals surface area contributed by atoms with E-state index < -0.39 is 11.4 Å². The number of H-pyrrole nitrogens is 1. The van der Waals surface area contributed by atoms with Gasteiger partial charge in [0.1, 0.15) is 0 Å². The van der Waals surface area contributed by atoms with Gasteiger partial charge in [-0.3, -0.25) is 9.89 Å². The summed E-state index contributed by atoms with van der Waals surface area (Å²) in [5.41, 5.74) is 2.97. The largest absolute Gasteiger partial charge is 0.342 e. The monoisotopic (exact) mass is 339 g/mol. The van der Waals surface area contributed by atoms with Gasteiger partial charge in [0, 0.05) is 17.7 Å². The number of halogens is 1. The maximum Gasteiger partial charge on any atom is 0.215 e. The van der Waals surface area contributed by atoms with Gasteiger partial charge in [0.05, 0.1) is 11.0 Å². The van der Waals surface area contributed by atoms with Crippen LogP contribution in [0.4, 0.5) is 10.2 Å². The van der Waals surface area contributed by atoms with E-state index in [4.69, 9.17) is 0 Å². The topological polar surface area (TPSA) is 57.8 Å². The average Bonchev–Trinajstić information content (AvgIpc) is 2.87. The highest BCUT2D eigenvalue weighted by molar-refractivity contribution is 6.02. The van der Waals surface area contributed by atoms with Crippen LogP contribution in [0, 0.1) is 18.3 Å².